The predicted octanol–water partition coefficient (Wildman–Crippen LogP) is 12.0. The largest absolute Gasteiger partial charge is 0.394 e. The Hall–Kier alpha value is -2.05. The fourth-order valence-corrected chi connectivity index (χ4v) is 10.5. The van der Waals surface area contributed by atoms with E-state index in [9.17, 15) is 45.6 Å². The number of carbonyl (C=O) groups excluding carboxylic acids is 1. The zero-order chi connectivity index (χ0) is 57.4. The van der Waals surface area contributed by atoms with E-state index in [0.717, 1.165) is 44.9 Å². The van der Waals surface area contributed by atoms with Crippen molar-refractivity contribution in [2.45, 2.75) is 338 Å². The van der Waals surface area contributed by atoms with Crippen molar-refractivity contribution in [2.75, 3.05) is 19.8 Å². The first-order valence-electron chi connectivity index (χ1n) is 32.4. The van der Waals surface area contributed by atoms with E-state index in [0.29, 0.717) is 12.8 Å². The van der Waals surface area contributed by atoms with Crippen molar-refractivity contribution in [3.8, 4) is 0 Å². The summed E-state index contributed by atoms with van der Waals surface area (Å²) >= 11 is 0. The first kappa shape index (κ1) is 73.1. The Morgan fingerprint density at radius 3 is 1.24 bits per heavy atom. The van der Waals surface area contributed by atoms with E-state index in [4.69, 9.17) is 18.9 Å². The van der Waals surface area contributed by atoms with Gasteiger partial charge in [0, 0.05) is 6.42 Å². The summed E-state index contributed by atoms with van der Waals surface area (Å²) in [5.41, 5.74) is 0. The summed E-state index contributed by atoms with van der Waals surface area (Å²) in [5.74, 6) is -0.252. The Kier molecular flexibility index (Phi) is 46.7. The van der Waals surface area contributed by atoms with Gasteiger partial charge in [0.25, 0.3) is 0 Å². The number of carbonyl (C=O) groups is 1. The van der Waals surface area contributed by atoms with Gasteiger partial charge >= 0.3 is 0 Å². The fourth-order valence-electron chi connectivity index (χ4n) is 10.5. The van der Waals surface area contributed by atoms with Gasteiger partial charge in [0.05, 0.1) is 32.0 Å². The maximum absolute atomic E-state index is 13.3. The van der Waals surface area contributed by atoms with Gasteiger partial charge in [-0.05, 0) is 70.6 Å². The second-order valence-electron chi connectivity index (χ2n) is 22.9. The molecule has 2 saturated heterocycles. The Bertz CT molecular complexity index is 1510. The molecule has 0 bridgehead atoms. The summed E-state index contributed by atoms with van der Waals surface area (Å²) in [6, 6.07) is -0.939. The lowest BCUT2D eigenvalue weighted by Gasteiger charge is -2.46. The van der Waals surface area contributed by atoms with Gasteiger partial charge in [-0.15, -0.1) is 0 Å². The number of aliphatic hydroxyl groups excluding tert-OH is 8. The van der Waals surface area contributed by atoms with E-state index in [1.54, 1.807) is 6.08 Å². The monoisotopic (exact) mass is 1120 g/mol. The molecule has 0 saturated carbocycles. The summed E-state index contributed by atoms with van der Waals surface area (Å²) in [5, 5.41) is 87.2. The number of unbranched alkanes of at least 4 members (excludes halogenated alkanes) is 33. The molecule has 12 unspecified atom stereocenters. The average Bonchev–Trinajstić information content (AvgIpc) is 3.47. The van der Waals surface area contributed by atoms with Gasteiger partial charge in [0.2, 0.25) is 5.91 Å². The van der Waals surface area contributed by atoms with Crippen molar-refractivity contribution in [3.63, 3.8) is 0 Å². The molecule has 12 atom stereocenters. The number of nitrogens with one attached hydrogen (secondary N) is 1. The lowest BCUT2D eigenvalue weighted by Crippen LogP contribution is -2.65. The van der Waals surface area contributed by atoms with E-state index in [1.165, 1.54) is 186 Å². The van der Waals surface area contributed by atoms with Crippen LogP contribution in [-0.2, 0) is 23.7 Å². The van der Waals surface area contributed by atoms with Crippen LogP contribution in [0.1, 0.15) is 264 Å². The van der Waals surface area contributed by atoms with Crippen molar-refractivity contribution in [3.05, 3.63) is 48.6 Å². The van der Waals surface area contributed by atoms with Crippen LogP contribution in [0.2, 0.25) is 0 Å². The van der Waals surface area contributed by atoms with Crippen LogP contribution in [0.3, 0.4) is 0 Å². The standard InChI is InChI=1S/C65H119NO13/c1-3-5-7-9-11-13-15-17-19-21-23-25-27-29-31-33-35-37-39-41-43-45-47-49-57(70)66-53(52-76-64-62(75)60(73)63(56(51-68)78-64)79-65-61(74)59(72)58(71)55(50-67)77-65)54(69)48-46-44-42-40-38-36-34-32-30-28-26-24-22-20-18-16-14-12-10-8-6-4-2/h21,23,30,32,38,40,46,48,53-56,58-65,67-69,71-75H,3-20,22,24-29,31,33-37,39,41-45,47,49-52H2,1-2H3,(H,66,70)/b23-21-,32-30+,40-38+,48-46+. The highest BCUT2D eigenvalue weighted by atomic mass is 16.7. The summed E-state index contributed by atoms with van der Waals surface area (Å²) < 4.78 is 22.8. The SMILES string of the molecule is CCCCCCCCCC/C=C\CCCCCCCCCCCCCC(=O)NC(COC1OC(CO)C(OC2OC(CO)C(O)C(O)C2O)C(O)C1O)C(O)/C=C/CC/C=C/CC/C=C/CCCCCCCCCCCCCC. The Labute approximate surface area is 480 Å². The second kappa shape index (κ2) is 50.5. The number of aliphatic hydroxyl groups is 8. The molecule has 2 aliphatic heterocycles. The van der Waals surface area contributed by atoms with Crippen LogP contribution in [0.15, 0.2) is 48.6 Å². The molecule has 14 heteroatoms. The molecule has 0 radical (unpaired) electrons. The zero-order valence-corrected chi connectivity index (χ0v) is 49.9. The highest BCUT2D eigenvalue weighted by molar-refractivity contribution is 5.76. The molecule has 462 valence electrons. The van der Waals surface area contributed by atoms with Crippen molar-refractivity contribution in [1.29, 1.82) is 0 Å². The van der Waals surface area contributed by atoms with Crippen LogP contribution < -0.4 is 5.32 Å². The number of rotatable bonds is 52. The van der Waals surface area contributed by atoms with Crippen molar-refractivity contribution < 1.29 is 64.6 Å². The van der Waals surface area contributed by atoms with Crippen LogP contribution in [0.5, 0.6) is 0 Å². The Balaban J connectivity index is 1.76. The van der Waals surface area contributed by atoms with Crippen molar-refractivity contribution in [1.82, 2.24) is 5.32 Å². The number of hydrogen-bond acceptors (Lipinski definition) is 13. The molecule has 0 spiro atoms. The molecule has 0 aromatic carbocycles. The molecule has 9 N–H and O–H groups in total. The lowest BCUT2D eigenvalue weighted by atomic mass is 9.97. The van der Waals surface area contributed by atoms with Gasteiger partial charge in [-0.1, -0.05) is 236 Å². The van der Waals surface area contributed by atoms with E-state index in [2.05, 4.69) is 55.6 Å². The maximum Gasteiger partial charge on any atom is 0.220 e. The van der Waals surface area contributed by atoms with Gasteiger partial charge < -0.3 is 65.1 Å². The molecule has 2 aliphatic rings. The minimum Gasteiger partial charge on any atom is -0.394 e. The first-order chi connectivity index (χ1) is 38.6. The van der Waals surface area contributed by atoms with Gasteiger partial charge in [0.1, 0.15) is 48.8 Å². The summed E-state index contributed by atoms with van der Waals surface area (Å²) in [6.07, 6.45) is 47.3. The molecule has 0 aliphatic carbocycles. The minimum absolute atomic E-state index is 0.252. The Morgan fingerprint density at radius 2 is 0.810 bits per heavy atom. The first-order valence-corrected chi connectivity index (χ1v) is 32.4. The molecule has 0 aromatic heterocycles. The van der Waals surface area contributed by atoms with Gasteiger partial charge in [-0.3, -0.25) is 4.79 Å². The van der Waals surface area contributed by atoms with Gasteiger partial charge in [-0.2, -0.15) is 0 Å². The normalized spacial score (nSPS) is 24.7. The summed E-state index contributed by atoms with van der Waals surface area (Å²) in [7, 11) is 0. The van der Waals surface area contributed by atoms with Gasteiger partial charge in [-0.25, -0.2) is 0 Å². The highest BCUT2D eigenvalue weighted by Crippen LogP contribution is 2.30. The quantitative estimate of drug-likeness (QED) is 0.0204. The molecular formula is C65H119NO13. The minimum atomic E-state index is -1.79. The lowest BCUT2D eigenvalue weighted by molar-refractivity contribution is -0.359. The van der Waals surface area contributed by atoms with Crippen molar-refractivity contribution >= 4 is 5.91 Å². The number of hydrogen-bond donors (Lipinski definition) is 9. The van der Waals surface area contributed by atoms with Crippen molar-refractivity contribution in [2.24, 2.45) is 0 Å². The third kappa shape index (κ3) is 35.6. The zero-order valence-electron chi connectivity index (χ0n) is 49.9. The third-order valence-electron chi connectivity index (χ3n) is 15.7. The average molecular weight is 1120 g/mol. The molecule has 2 heterocycles. The second-order valence-corrected chi connectivity index (χ2v) is 22.9. The summed E-state index contributed by atoms with van der Waals surface area (Å²) in [4.78, 5) is 13.3. The topological polar surface area (TPSA) is 228 Å². The molecular weight excluding hydrogens is 1000 g/mol. The number of ether oxygens (including phenoxy) is 4. The molecule has 2 rings (SSSR count). The van der Waals surface area contributed by atoms with E-state index in [1.807, 2.05) is 6.08 Å². The molecule has 1 amide bonds. The van der Waals surface area contributed by atoms with Crippen LogP contribution in [-0.4, -0.2) is 140 Å². The van der Waals surface area contributed by atoms with E-state index < -0.39 is 86.8 Å². The van der Waals surface area contributed by atoms with Crippen LogP contribution in [0, 0.1) is 0 Å². The molecule has 0 aromatic rings. The number of amides is 1. The molecule has 79 heavy (non-hydrogen) atoms. The van der Waals surface area contributed by atoms with Gasteiger partial charge in [0.15, 0.2) is 12.6 Å². The maximum atomic E-state index is 13.3. The van der Waals surface area contributed by atoms with Crippen LogP contribution in [0.4, 0.5) is 0 Å². The van der Waals surface area contributed by atoms with Crippen LogP contribution in [0.25, 0.3) is 0 Å². The predicted molar refractivity (Wildman–Crippen MR) is 318 cm³/mol. The fraction of sp³-hybridized carbons (Fsp3) is 0.862. The molecule has 14 nitrogen and oxygen atoms in total. The molecule has 2 fully saturated rings. The van der Waals surface area contributed by atoms with E-state index >= 15 is 0 Å². The smallest absolute Gasteiger partial charge is 0.220 e. The van der Waals surface area contributed by atoms with E-state index in [-0.39, 0.29) is 18.9 Å². The number of allylic oxidation sites excluding steroid dienone is 7. The van der Waals surface area contributed by atoms with Crippen LogP contribution >= 0.6 is 0 Å². The highest BCUT2D eigenvalue weighted by Gasteiger charge is 2.51. The third-order valence-corrected chi connectivity index (χ3v) is 15.7. The summed E-state index contributed by atoms with van der Waals surface area (Å²) in [6.45, 7) is 2.80. The Morgan fingerprint density at radius 1 is 0.443 bits per heavy atom.